The number of nitrogens with one attached hydrogen (secondary N) is 1. The molecular weight excluding hydrogens is 232 g/mol. The lowest BCUT2D eigenvalue weighted by molar-refractivity contribution is 0.585. The maximum atomic E-state index is 4.29. The monoisotopic (exact) mass is 248 g/mol. The summed E-state index contributed by atoms with van der Waals surface area (Å²) >= 11 is 1.72. The van der Waals surface area contributed by atoms with Crippen molar-refractivity contribution in [3.05, 3.63) is 34.3 Å². The van der Waals surface area contributed by atoms with Crippen molar-refractivity contribution in [1.82, 2.24) is 19.9 Å². The van der Waals surface area contributed by atoms with E-state index >= 15 is 0 Å². The van der Waals surface area contributed by atoms with Crippen molar-refractivity contribution in [2.75, 3.05) is 6.54 Å². The number of nitrogens with zero attached hydrogens (tertiary/aromatic N) is 3. The fourth-order valence-electron chi connectivity index (χ4n) is 2.32. The van der Waals surface area contributed by atoms with Gasteiger partial charge in [-0.3, -0.25) is 0 Å². The van der Waals surface area contributed by atoms with E-state index in [9.17, 15) is 0 Å². The molecule has 0 radical (unpaired) electrons. The van der Waals surface area contributed by atoms with E-state index < -0.39 is 0 Å². The normalized spacial score (nSPS) is 19.9. The lowest BCUT2D eigenvalue weighted by atomic mass is 10.2. The number of hydrogen-bond acceptors (Lipinski definition) is 4. The van der Waals surface area contributed by atoms with E-state index in [-0.39, 0.29) is 0 Å². The van der Waals surface area contributed by atoms with Crippen LogP contribution in [0.3, 0.4) is 0 Å². The van der Waals surface area contributed by atoms with Crippen LogP contribution in [0, 0.1) is 6.92 Å². The molecule has 17 heavy (non-hydrogen) atoms. The van der Waals surface area contributed by atoms with Gasteiger partial charge in [-0.25, -0.2) is 9.97 Å². The Morgan fingerprint density at radius 1 is 1.59 bits per heavy atom. The van der Waals surface area contributed by atoms with E-state index in [1.165, 1.54) is 23.4 Å². The van der Waals surface area contributed by atoms with E-state index in [2.05, 4.69) is 26.8 Å². The van der Waals surface area contributed by atoms with Crippen LogP contribution in [0.4, 0.5) is 0 Å². The summed E-state index contributed by atoms with van der Waals surface area (Å²) in [5, 5.41) is 3.52. The summed E-state index contributed by atoms with van der Waals surface area (Å²) in [5.74, 6) is 0. The topological polar surface area (TPSA) is 42.7 Å². The summed E-state index contributed by atoms with van der Waals surface area (Å²) in [4.78, 5) is 9.90. The Bertz CT molecular complexity index is 496. The Kier molecular flexibility index (Phi) is 2.94. The summed E-state index contributed by atoms with van der Waals surface area (Å²) in [6, 6.07) is 0.478. The molecule has 0 aromatic carbocycles. The number of aromatic nitrogens is 3. The van der Waals surface area contributed by atoms with Crippen LogP contribution in [0.25, 0.3) is 0 Å². The van der Waals surface area contributed by atoms with E-state index in [1.54, 1.807) is 11.3 Å². The van der Waals surface area contributed by atoms with E-state index in [0.717, 1.165) is 18.8 Å². The van der Waals surface area contributed by atoms with Crippen molar-refractivity contribution in [2.45, 2.75) is 32.4 Å². The molecule has 3 rings (SSSR count). The summed E-state index contributed by atoms with van der Waals surface area (Å²) < 4.78 is 2.24. The Labute approximate surface area is 105 Å². The minimum absolute atomic E-state index is 0.478. The molecule has 0 amide bonds. The highest BCUT2D eigenvalue weighted by molar-refractivity contribution is 7.09. The molecule has 3 heterocycles. The predicted molar refractivity (Wildman–Crippen MR) is 68.2 cm³/mol. The van der Waals surface area contributed by atoms with Crippen LogP contribution in [0.15, 0.2) is 18.0 Å². The third kappa shape index (κ3) is 2.12. The van der Waals surface area contributed by atoms with Crippen LogP contribution in [-0.2, 0) is 6.54 Å². The minimum atomic E-state index is 0.478. The van der Waals surface area contributed by atoms with Gasteiger partial charge in [-0.15, -0.1) is 11.3 Å². The number of rotatable bonds is 3. The van der Waals surface area contributed by atoms with E-state index in [1.807, 2.05) is 18.0 Å². The molecule has 1 aliphatic heterocycles. The maximum Gasteiger partial charge on any atom is 0.0952 e. The molecule has 0 saturated carbocycles. The van der Waals surface area contributed by atoms with Gasteiger partial charge in [0, 0.05) is 17.1 Å². The summed E-state index contributed by atoms with van der Waals surface area (Å²) in [7, 11) is 0. The van der Waals surface area contributed by atoms with Gasteiger partial charge in [0.25, 0.3) is 0 Å². The number of aryl methyl sites for hydroxylation is 1. The minimum Gasteiger partial charge on any atom is -0.328 e. The van der Waals surface area contributed by atoms with Crippen LogP contribution in [0.1, 0.15) is 35.1 Å². The van der Waals surface area contributed by atoms with Crippen molar-refractivity contribution in [3.8, 4) is 0 Å². The van der Waals surface area contributed by atoms with Gasteiger partial charge in [0.1, 0.15) is 0 Å². The van der Waals surface area contributed by atoms with Gasteiger partial charge in [-0.2, -0.15) is 0 Å². The van der Waals surface area contributed by atoms with Crippen molar-refractivity contribution >= 4 is 11.3 Å². The molecule has 2 aromatic heterocycles. The van der Waals surface area contributed by atoms with Gasteiger partial charge in [-0.05, 0) is 26.3 Å². The number of imidazole rings is 1. The van der Waals surface area contributed by atoms with Crippen molar-refractivity contribution < 1.29 is 0 Å². The first-order valence-corrected chi connectivity index (χ1v) is 6.85. The molecule has 1 saturated heterocycles. The molecule has 1 aliphatic rings. The average Bonchev–Trinajstić information content (AvgIpc) is 3.02. The quantitative estimate of drug-likeness (QED) is 0.904. The predicted octanol–water partition coefficient (Wildman–Crippen LogP) is 2.12. The van der Waals surface area contributed by atoms with Crippen LogP contribution >= 0.6 is 11.3 Å². The fraction of sp³-hybridized carbons (Fsp3) is 0.500. The second-order valence-electron chi connectivity index (χ2n) is 4.46. The van der Waals surface area contributed by atoms with Crippen LogP contribution < -0.4 is 5.32 Å². The van der Waals surface area contributed by atoms with Crippen molar-refractivity contribution in [1.29, 1.82) is 0 Å². The Morgan fingerprint density at radius 2 is 2.53 bits per heavy atom. The van der Waals surface area contributed by atoms with Crippen LogP contribution in [0.5, 0.6) is 0 Å². The van der Waals surface area contributed by atoms with E-state index in [0.29, 0.717) is 6.04 Å². The largest absolute Gasteiger partial charge is 0.328 e. The Morgan fingerprint density at radius 3 is 3.24 bits per heavy atom. The van der Waals surface area contributed by atoms with Crippen LogP contribution in [-0.4, -0.2) is 21.1 Å². The van der Waals surface area contributed by atoms with E-state index in [4.69, 9.17) is 0 Å². The third-order valence-corrected chi connectivity index (χ3v) is 4.24. The molecular formula is C12H16N4S. The third-order valence-electron chi connectivity index (χ3n) is 3.32. The number of hydrogen-bond donors (Lipinski definition) is 1. The molecule has 1 N–H and O–H groups in total. The first-order chi connectivity index (χ1) is 8.34. The fourth-order valence-corrected chi connectivity index (χ4v) is 3.10. The van der Waals surface area contributed by atoms with Gasteiger partial charge in [0.2, 0.25) is 0 Å². The SMILES string of the molecule is Cc1ncsc1Cn1cncc1[C@@H]1CCCN1. The average molecular weight is 248 g/mol. The first-order valence-electron chi connectivity index (χ1n) is 5.97. The maximum absolute atomic E-state index is 4.29. The molecule has 4 nitrogen and oxygen atoms in total. The Balaban J connectivity index is 1.84. The molecule has 5 heteroatoms. The second-order valence-corrected chi connectivity index (χ2v) is 5.40. The molecule has 0 unspecified atom stereocenters. The molecule has 2 aromatic rings. The zero-order chi connectivity index (χ0) is 11.7. The van der Waals surface area contributed by atoms with Gasteiger partial charge in [0.05, 0.1) is 29.8 Å². The zero-order valence-corrected chi connectivity index (χ0v) is 10.7. The standard InChI is InChI=1S/C12H16N4S/c1-9-12(17-8-15-9)6-16-7-13-5-11(16)10-3-2-4-14-10/h5,7-8,10,14H,2-4,6H2,1H3/t10-/m0/s1. The molecule has 90 valence electrons. The molecule has 0 spiro atoms. The number of thiazole rings is 1. The highest BCUT2D eigenvalue weighted by atomic mass is 32.1. The lowest BCUT2D eigenvalue weighted by Crippen LogP contribution is -2.17. The van der Waals surface area contributed by atoms with Gasteiger partial charge >= 0.3 is 0 Å². The summed E-state index contributed by atoms with van der Waals surface area (Å²) in [6.45, 7) is 4.08. The highest BCUT2D eigenvalue weighted by Crippen LogP contribution is 2.24. The highest BCUT2D eigenvalue weighted by Gasteiger charge is 2.20. The zero-order valence-electron chi connectivity index (χ0n) is 9.89. The molecule has 1 atom stereocenters. The lowest BCUT2D eigenvalue weighted by Gasteiger charge is -2.13. The van der Waals surface area contributed by atoms with Crippen molar-refractivity contribution in [3.63, 3.8) is 0 Å². The van der Waals surface area contributed by atoms with Crippen molar-refractivity contribution in [2.24, 2.45) is 0 Å². The van der Waals surface area contributed by atoms with Gasteiger partial charge in [0.15, 0.2) is 0 Å². The van der Waals surface area contributed by atoms with Gasteiger partial charge in [-0.1, -0.05) is 0 Å². The molecule has 1 fully saturated rings. The summed E-state index contributed by atoms with van der Waals surface area (Å²) in [5.41, 5.74) is 4.35. The summed E-state index contributed by atoms with van der Waals surface area (Å²) in [6.07, 6.45) is 6.39. The first kappa shape index (κ1) is 10.9. The molecule has 0 bridgehead atoms. The second kappa shape index (κ2) is 4.58. The molecule has 0 aliphatic carbocycles. The Hall–Kier alpha value is -1.20. The van der Waals surface area contributed by atoms with Crippen LogP contribution in [0.2, 0.25) is 0 Å². The smallest absolute Gasteiger partial charge is 0.0952 e. The van der Waals surface area contributed by atoms with Gasteiger partial charge < -0.3 is 9.88 Å².